The maximum Gasteiger partial charge on any atom is 0.407 e. The Labute approximate surface area is 223 Å². The van der Waals surface area contributed by atoms with Gasteiger partial charge in [0.1, 0.15) is 0 Å². The maximum absolute atomic E-state index is 12.3. The van der Waals surface area contributed by atoms with E-state index in [2.05, 4.69) is 20.9 Å². The number of rotatable bonds is 22. The molecule has 0 radical (unpaired) electrons. The van der Waals surface area contributed by atoms with E-state index in [1.165, 1.54) is 14.4 Å². The van der Waals surface area contributed by atoms with Crippen LogP contribution in [0, 0.1) is 0 Å². The Kier molecular flexibility index (Phi) is 23.2. The van der Waals surface area contributed by atoms with Crippen LogP contribution in [0.15, 0.2) is 4.99 Å². The van der Waals surface area contributed by atoms with Crippen molar-refractivity contribution in [2.24, 2.45) is 4.99 Å². The molecule has 0 saturated carbocycles. The Hall–Kier alpha value is -2.70. The quantitative estimate of drug-likeness (QED) is 0.0638. The van der Waals surface area contributed by atoms with Crippen molar-refractivity contribution in [3.05, 3.63) is 0 Å². The van der Waals surface area contributed by atoms with Gasteiger partial charge in [-0.3, -0.25) is 9.89 Å². The molecule has 0 aliphatic rings. The molecule has 214 valence electrons. The van der Waals surface area contributed by atoms with Crippen molar-refractivity contribution in [1.29, 1.82) is 0 Å². The third-order valence-corrected chi connectivity index (χ3v) is 5.18. The molecule has 0 aromatic rings. The van der Waals surface area contributed by atoms with Crippen molar-refractivity contribution in [2.45, 2.75) is 71.8 Å². The summed E-state index contributed by atoms with van der Waals surface area (Å²) in [5.74, 6) is 0. The summed E-state index contributed by atoms with van der Waals surface area (Å²) < 4.78 is 20.4. The molecular formula is C24H48BN5O7. The number of nitrogens with zero attached hydrogens (tertiary/aromatic N) is 2. The number of alkyl carbamates (subject to hydrolysis) is 3. The smallest absolute Gasteiger partial charge is 0.407 e. The van der Waals surface area contributed by atoms with E-state index in [4.69, 9.17) is 18.9 Å². The lowest BCUT2D eigenvalue weighted by atomic mass is 10.2. The van der Waals surface area contributed by atoms with E-state index < -0.39 is 18.3 Å². The number of carbonyl (C=O) groups is 3. The van der Waals surface area contributed by atoms with Gasteiger partial charge in [0.2, 0.25) is 0 Å². The van der Waals surface area contributed by atoms with Crippen molar-refractivity contribution < 1.29 is 33.2 Å². The second-order valence-corrected chi connectivity index (χ2v) is 8.50. The molecule has 0 spiro atoms. The normalized spacial score (nSPS) is 11.7. The van der Waals surface area contributed by atoms with E-state index >= 15 is 0 Å². The molecule has 37 heavy (non-hydrogen) atoms. The zero-order valence-electron chi connectivity index (χ0n) is 23.2. The summed E-state index contributed by atoms with van der Waals surface area (Å²) in [5.41, 5.74) is 0. The summed E-state index contributed by atoms with van der Waals surface area (Å²) in [6, 6.07) is -0.267. The van der Waals surface area contributed by atoms with E-state index in [1.807, 2.05) is 25.7 Å². The lowest BCUT2D eigenvalue weighted by Gasteiger charge is -2.28. The summed E-state index contributed by atoms with van der Waals surface area (Å²) in [6.07, 6.45) is 5.74. The molecule has 0 saturated heterocycles. The highest BCUT2D eigenvalue weighted by Crippen LogP contribution is 2.01. The topological polar surface area (TPSA) is 140 Å². The predicted molar refractivity (Wildman–Crippen MR) is 146 cm³/mol. The maximum atomic E-state index is 12.3. The van der Waals surface area contributed by atoms with E-state index in [-0.39, 0.29) is 6.04 Å². The first kappa shape index (κ1) is 34.3. The lowest BCUT2D eigenvalue weighted by molar-refractivity contribution is 0.133. The highest BCUT2D eigenvalue weighted by molar-refractivity contribution is 6.02. The Bertz CT molecular complexity index is 600. The number of nitrogens with one attached hydrogen (secondary N) is 3. The lowest BCUT2D eigenvalue weighted by Crippen LogP contribution is -2.48. The second-order valence-electron chi connectivity index (χ2n) is 8.50. The van der Waals surface area contributed by atoms with Gasteiger partial charge in [0.25, 0.3) is 0 Å². The molecule has 1 atom stereocenters. The van der Waals surface area contributed by atoms with Crippen LogP contribution >= 0.6 is 0 Å². The van der Waals surface area contributed by atoms with Gasteiger partial charge < -0.3 is 34.8 Å². The van der Waals surface area contributed by atoms with Crippen LogP contribution in [-0.2, 0) is 18.9 Å². The Morgan fingerprint density at radius 1 is 0.838 bits per heavy atom. The fourth-order valence-corrected chi connectivity index (χ4v) is 3.04. The molecule has 0 aromatic heterocycles. The number of hydrogen-bond donors (Lipinski definition) is 3. The molecule has 0 unspecified atom stereocenters. The monoisotopic (exact) mass is 529 g/mol. The second kappa shape index (κ2) is 25.0. The molecule has 13 heteroatoms. The van der Waals surface area contributed by atoms with E-state index in [1.54, 1.807) is 0 Å². The number of ether oxygens (including phenoxy) is 3. The van der Waals surface area contributed by atoms with Crippen LogP contribution in [0.5, 0.6) is 0 Å². The number of unbranched alkanes of at least 4 members (excludes halogenated alkanes) is 3. The molecule has 0 heterocycles. The number of aliphatic imine (C=N–C) groups is 1. The SMILES string of the molecule is BOC=NCC[C@@H](CN(CCNC(=O)OCCCC)CCNC(=O)OCCCC)NC(=O)OCCCC. The van der Waals surface area contributed by atoms with Gasteiger partial charge in [-0.25, -0.2) is 14.4 Å². The first-order valence-corrected chi connectivity index (χ1v) is 13.4. The Balaban J connectivity index is 5.00. The number of amides is 3. The summed E-state index contributed by atoms with van der Waals surface area (Å²) >= 11 is 0. The molecule has 0 aromatic carbocycles. The fourth-order valence-electron chi connectivity index (χ4n) is 3.04. The van der Waals surface area contributed by atoms with Gasteiger partial charge in [-0.2, -0.15) is 0 Å². The van der Waals surface area contributed by atoms with E-state index in [9.17, 15) is 14.4 Å². The van der Waals surface area contributed by atoms with Crippen molar-refractivity contribution in [2.75, 3.05) is 59.1 Å². The average Bonchev–Trinajstić information content (AvgIpc) is 2.87. The Morgan fingerprint density at radius 2 is 1.32 bits per heavy atom. The first-order chi connectivity index (χ1) is 18.0. The number of carbonyl (C=O) groups excluding carboxylic acids is 3. The van der Waals surface area contributed by atoms with Crippen LogP contribution in [0.4, 0.5) is 14.4 Å². The summed E-state index contributed by atoms with van der Waals surface area (Å²) in [6.45, 7) is 9.77. The molecule has 12 nitrogen and oxygen atoms in total. The standard InChI is InChI=1S/C24H48BN5O7/c1-4-7-16-34-22(31)27-12-14-30(15-13-28-23(32)35-17-8-5-2)19-21(10-11-26-20-37-25)29-24(33)36-18-9-6-3/h20-21H,4-19,25H2,1-3H3,(H,27,31)(H,28,32)(H,29,33)/t21-/m0/s1. The average molecular weight is 529 g/mol. The zero-order valence-corrected chi connectivity index (χ0v) is 23.2. The van der Waals surface area contributed by atoms with Crippen molar-refractivity contribution in [3.63, 3.8) is 0 Å². The van der Waals surface area contributed by atoms with E-state index in [0.29, 0.717) is 65.5 Å². The molecule has 0 rings (SSSR count). The Morgan fingerprint density at radius 3 is 1.78 bits per heavy atom. The van der Waals surface area contributed by atoms with Gasteiger partial charge in [-0.1, -0.05) is 40.0 Å². The van der Waals surface area contributed by atoms with Gasteiger partial charge in [0.15, 0.2) is 6.40 Å². The minimum absolute atomic E-state index is 0.267. The summed E-state index contributed by atoms with van der Waals surface area (Å²) in [4.78, 5) is 42.3. The molecular weight excluding hydrogens is 481 g/mol. The van der Waals surface area contributed by atoms with Gasteiger partial charge in [-0.15, -0.1) is 0 Å². The van der Waals surface area contributed by atoms with Crippen LogP contribution in [0.25, 0.3) is 0 Å². The van der Waals surface area contributed by atoms with Gasteiger partial charge in [-0.05, 0) is 25.7 Å². The first-order valence-electron chi connectivity index (χ1n) is 13.4. The van der Waals surface area contributed by atoms with Crippen molar-refractivity contribution >= 4 is 32.7 Å². The molecule has 0 bridgehead atoms. The van der Waals surface area contributed by atoms with Crippen molar-refractivity contribution in [1.82, 2.24) is 20.9 Å². The molecule has 0 aliphatic carbocycles. The minimum atomic E-state index is -0.482. The predicted octanol–water partition coefficient (Wildman–Crippen LogP) is 2.22. The zero-order chi connectivity index (χ0) is 27.6. The summed E-state index contributed by atoms with van der Waals surface area (Å²) in [7, 11) is 1.52. The molecule has 0 fully saturated rings. The van der Waals surface area contributed by atoms with Crippen LogP contribution in [0.1, 0.15) is 65.7 Å². The minimum Gasteiger partial charge on any atom is -0.560 e. The molecule has 3 N–H and O–H groups in total. The highest BCUT2D eigenvalue weighted by Gasteiger charge is 2.18. The van der Waals surface area contributed by atoms with Crippen LogP contribution in [-0.4, -0.2) is 103 Å². The fraction of sp³-hybridized carbons (Fsp3) is 0.833. The third kappa shape index (κ3) is 22.2. The summed E-state index contributed by atoms with van der Waals surface area (Å²) in [5, 5.41) is 8.40. The van der Waals surface area contributed by atoms with Crippen LogP contribution in [0.3, 0.4) is 0 Å². The van der Waals surface area contributed by atoms with Crippen LogP contribution < -0.4 is 16.0 Å². The van der Waals surface area contributed by atoms with Gasteiger partial charge in [0.05, 0.1) is 19.8 Å². The molecule has 0 aliphatic heterocycles. The van der Waals surface area contributed by atoms with Crippen molar-refractivity contribution in [3.8, 4) is 0 Å². The number of hydrogen-bond acceptors (Lipinski definition) is 9. The largest absolute Gasteiger partial charge is 0.560 e. The van der Waals surface area contributed by atoms with E-state index in [0.717, 1.165) is 38.5 Å². The van der Waals surface area contributed by atoms with Crippen LogP contribution in [0.2, 0.25) is 0 Å². The highest BCUT2D eigenvalue weighted by atomic mass is 16.6. The third-order valence-electron chi connectivity index (χ3n) is 5.18. The molecule has 3 amide bonds. The van der Waals surface area contributed by atoms with Gasteiger partial charge in [0, 0.05) is 45.3 Å². The van der Waals surface area contributed by atoms with Gasteiger partial charge >= 0.3 is 26.3 Å².